The molecule has 3 aromatic rings. The molecule has 2 nitrogen and oxygen atoms in total. The Bertz CT molecular complexity index is 742. The minimum absolute atomic E-state index is 0.129. The van der Waals surface area contributed by atoms with Crippen LogP contribution in [0.3, 0.4) is 0 Å². The van der Waals surface area contributed by atoms with Gasteiger partial charge in [-0.1, -0.05) is 30.3 Å². The molecule has 1 heterocycles. The molecule has 0 spiro atoms. The molecule has 0 radical (unpaired) electrons. The Morgan fingerprint density at radius 1 is 1.10 bits per heavy atom. The maximum absolute atomic E-state index is 13.0. The third kappa shape index (κ3) is 2.98. The molecule has 3 rings (SSSR count). The van der Waals surface area contributed by atoms with Crippen molar-refractivity contribution in [3.05, 3.63) is 71.7 Å². The molecule has 2 N–H and O–H groups in total. The summed E-state index contributed by atoms with van der Waals surface area (Å²) in [6.07, 6.45) is 2.93. The van der Waals surface area contributed by atoms with Gasteiger partial charge in [0.2, 0.25) is 0 Å². The van der Waals surface area contributed by atoms with Gasteiger partial charge >= 0.3 is 0 Å². The van der Waals surface area contributed by atoms with Crippen LogP contribution in [0.15, 0.2) is 54.7 Å². The average Bonchev–Trinajstić information content (AvgIpc) is 2.85. The molecule has 108 valence electrons. The summed E-state index contributed by atoms with van der Waals surface area (Å²) >= 11 is 0. The summed E-state index contributed by atoms with van der Waals surface area (Å²) in [7, 11) is 0. The van der Waals surface area contributed by atoms with E-state index in [0.29, 0.717) is 0 Å². The highest BCUT2D eigenvalue weighted by Crippen LogP contribution is 2.22. The van der Waals surface area contributed by atoms with Gasteiger partial charge < -0.3 is 10.3 Å². The predicted molar refractivity (Wildman–Crippen MR) is 84.8 cm³/mol. The zero-order valence-corrected chi connectivity index (χ0v) is 12.1. The molecule has 21 heavy (non-hydrogen) atoms. The van der Waals surface area contributed by atoms with E-state index in [1.807, 2.05) is 19.1 Å². The second kappa shape index (κ2) is 5.70. The minimum atomic E-state index is -0.200. The van der Waals surface area contributed by atoms with Crippen molar-refractivity contribution in [1.82, 2.24) is 4.57 Å². The normalized spacial score (nSPS) is 12.7. The Balaban J connectivity index is 2.00. The van der Waals surface area contributed by atoms with E-state index in [0.717, 1.165) is 18.5 Å². The van der Waals surface area contributed by atoms with E-state index in [1.54, 1.807) is 0 Å². The Labute approximate surface area is 124 Å². The summed E-state index contributed by atoms with van der Waals surface area (Å²) in [5.41, 5.74) is 9.52. The Hall–Kier alpha value is -2.13. The smallest absolute Gasteiger partial charge is 0.123 e. The van der Waals surface area contributed by atoms with E-state index < -0.39 is 0 Å². The number of nitrogens with two attached hydrogens (primary N) is 1. The van der Waals surface area contributed by atoms with Gasteiger partial charge in [0.15, 0.2) is 0 Å². The van der Waals surface area contributed by atoms with Crippen LogP contribution >= 0.6 is 0 Å². The third-order valence-corrected chi connectivity index (χ3v) is 3.68. The average molecular weight is 282 g/mol. The van der Waals surface area contributed by atoms with Crippen LogP contribution < -0.4 is 5.73 Å². The van der Waals surface area contributed by atoms with E-state index >= 15 is 0 Å². The van der Waals surface area contributed by atoms with E-state index in [9.17, 15) is 4.39 Å². The number of para-hydroxylation sites is 1. The van der Waals surface area contributed by atoms with Crippen molar-refractivity contribution >= 4 is 10.9 Å². The van der Waals surface area contributed by atoms with E-state index in [2.05, 4.69) is 35.0 Å². The van der Waals surface area contributed by atoms with Gasteiger partial charge in [-0.15, -0.1) is 0 Å². The molecule has 0 amide bonds. The Kier molecular flexibility index (Phi) is 3.76. The predicted octanol–water partition coefficient (Wildman–Crippen LogP) is 3.72. The van der Waals surface area contributed by atoms with Gasteiger partial charge in [0, 0.05) is 18.8 Å². The highest BCUT2D eigenvalue weighted by molar-refractivity contribution is 5.83. The van der Waals surface area contributed by atoms with Crippen LogP contribution in [0.2, 0.25) is 0 Å². The first kappa shape index (κ1) is 13.8. The monoisotopic (exact) mass is 282 g/mol. The second-order valence-corrected chi connectivity index (χ2v) is 5.61. The molecule has 1 aromatic heterocycles. The molecular formula is C18H19FN2. The van der Waals surface area contributed by atoms with Gasteiger partial charge in [-0.2, -0.15) is 0 Å². The number of hydrogen-bond donors (Lipinski definition) is 1. The van der Waals surface area contributed by atoms with Crippen LogP contribution in [0.25, 0.3) is 10.9 Å². The number of aromatic nitrogens is 1. The molecule has 0 aliphatic carbocycles. The summed E-state index contributed by atoms with van der Waals surface area (Å²) in [5.74, 6) is -0.200. The van der Waals surface area contributed by atoms with Gasteiger partial charge in [-0.3, -0.25) is 0 Å². The van der Waals surface area contributed by atoms with E-state index in [-0.39, 0.29) is 11.9 Å². The highest BCUT2D eigenvalue weighted by atomic mass is 19.1. The summed E-state index contributed by atoms with van der Waals surface area (Å²) < 4.78 is 15.2. The number of hydrogen-bond acceptors (Lipinski definition) is 1. The molecule has 0 fully saturated rings. The van der Waals surface area contributed by atoms with Crippen LogP contribution in [0.1, 0.15) is 18.1 Å². The van der Waals surface area contributed by atoms with Crippen LogP contribution in [-0.4, -0.2) is 10.6 Å². The lowest BCUT2D eigenvalue weighted by Gasteiger charge is -2.12. The number of rotatable bonds is 4. The molecule has 0 saturated heterocycles. The fourth-order valence-corrected chi connectivity index (χ4v) is 2.77. The van der Waals surface area contributed by atoms with Crippen molar-refractivity contribution in [2.24, 2.45) is 5.73 Å². The molecule has 0 saturated carbocycles. The second-order valence-electron chi connectivity index (χ2n) is 5.61. The van der Waals surface area contributed by atoms with Crippen molar-refractivity contribution in [2.45, 2.75) is 25.9 Å². The van der Waals surface area contributed by atoms with Gasteiger partial charge in [-0.25, -0.2) is 4.39 Å². The largest absolute Gasteiger partial charge is 0.343 e. The first-order chi connectivity index (χ1) is 10.1. The maximum atomic E-state index is 13.0. The van der Waals surface area contributed by atoms with Crippen molar-refractivity contribution in [3.8, 4) is 0 Å². The minimum Gasteiger partial charge on any atom is -0.343 e. The topological polar surface area (TPSA) is 30.9 Å². The van der Waals surface area contributed by atoms with E-state index in [1.165, 1.54) is 28.6 Å². The summed E-state index contributed by atoms with van der Waals surface area (Å²) in [5, 5.41) is 1.22. The Morgan fingerprint density at radius 3 is 2.57 bits per heavy atom. The van der Waals surface area contributed by atoms with Crippen LogP contribution in [0, 0.1) is 5.82 Å². The quantitative estimate of drug-likeness (QED) is 0.777. The highest BCUT2D eigenvalue weighted by Gasteiger charge is 2.08. The number of fused-ring (bicyclic) bond motifs is 1. The number of halogens is 1. The lowest BCUT2D eigenvalue weighted by atomic mass is 10.0. The first-order valence-corrected chi connectivity index (χ1v) is 7.20. The zero-order valence-electron chi connectivity index (χ0n) is 12.1. The molecule has 3 heteroatoms. The fraction of sp³-hybridized carbons (Fsp3) is 0.222. The molecular weight excluding hydrogens is 263 g/mol. The Morgan fingerprint density at radius 2 is 1.86 bits per heavy atom. The molecule has 0 aliphatic heterocycles. The molecule has 0 aliphatic rings. The first-order valence-electron chi connectivity index (χ1n) is 7.20. The van der Waals surface area contributed by atoms with Crippen LogP contribution in [-0.2, 0) is 13.0 Å². The van der Waals surface area contributed by atoms with Gasteiger partial charge in [0.05, 0.1) is 5.52 Å². The lowest BCUT2D eigenvalue weighted by Crippen LogP contribution is -2.18. The van der Waals surface area contributed by atoms with Crippen LogP contribution in [0.5, 0.6) is 0 Å². The SMILES string of the molecule is CC(N)Cc1cccc2ccn(Cc3ccc(F)cc3)c12. The van der Waals surface area contributed by atoms with Gasteiger partial charge in [0.1, 0.15) is 5.82 Å². The maximum Gasteiger partial charge on any atom is 0.123 e. The van der Waals surface area contributed by atoms with Gasteiger partial charge in [-0.05, 0) is 48.1 Å². The number of benzene rings is 2. The zero-order chi connectivity index (χ0) is 14.8. The lowest BCUT2D eigenvalue weighted by molar-refractivity contribution is 0.626. The number of nitrogens with zero attached hydrogens (tertiary/aromatic N) is 1. The van der Waals surface area contributed by atoms with E-state index in [4.69, 9.17) is 5.73 Å². The summed E-state index contributed by atoms with van der Waals surface area (Å²) in [4.78, 5) is 0. The molecule has 0 bridgehead atoms. The standard InChI is InChI=1S/C18H19FN2/c1-13(20)11-16-4-2-3-15-9-10-21(18(15)16)12-14-5-7-17(19)8-6-14/h2-10,13H,11-12,20H2,1H3. The fourth-order valence-electron chi connectivity index (χ4n) is 2.77. The van der Waals surface area contributed by atoms with Crippen molar-refractivity contribution < 1.29 is 4.39 Å². The van der Waals surface area contributed by atoms with Crippen LogP contribution in [0.4, 0.5) is 4.39 Å². The van der Waals surface area contributed by atoms with Gasteiger partial charge in [0.25, 0.3) is 0 Å². The van der Waals surface area contributed by atoms with Crippen molar-refractivity contribution in [2.75, 3.05) is 0 Å². The van der Waals surface area contributed by atoms with Crippen molar-refractivity contribution in [3.63, 3.8) is 0 Å². The molecule has 1 atom stereocenters. The summed E-state index contributed by atoms with van der Waals surface area (Å²) in [6.45, 7) is 2.76. The third-order valence-electron chi connectivity index (χ3n) is 3.68. The summed E-state index contributed by atoms with van der Waals surface area (Å²) in [6, 6.07) is 15.2. The van der Waals surface area contributed by atoms with Crippen molar-refractivity contribution in [1.29, 1.82) is 0 Å². The molecule has 2 aromatic carbocycles. The molecule has 1 unspecified atom stereocenters.